The molecule has 1 saturated heterocycles. The highest BCUT2D eigenvalue weighted by atomic mass is 79.9. The van der Waals surface area contributed by atoms with E-state index in [4.69, 9.17) is 0 Å². The third-order valence-electron chi connectivity index (χ3n) is 3.14. The number of rotatable bonds is 1. The lowest BCUT2D eigenvalue weighted by Crippen LogP contribution is -2.38. The molecule has 0 aliphatic carbocycles. The zero-order valence-electron chi connectivity index (χ0n) is 10.5. The van der Waals surface area contributed by atoms with Crippen molar-refractivity contribution >= 4 is 27.7 Å². The van der Waals surface area contributed by atoms with Crippen LogP contribution in [0.4, 0.5) is 4.39 Å². The minimum absolute atomic E-state index is 0.00128. The van der Waals surface area contributed by atoms with E-state index in [-0.39, 0.29) is 22.5 Å². The van der Waals surface area contributed by atoms with Gasteiger partial charge >= 0.3 is 0 Å². The van der Waals surface area contributed by atoms with Crippen molar-refractivity contribution in [1.82, 2.24) is 9.80 Å². The van der Waals surface area contributed by atoms with Crippen LogP contribution in [0.25, 0.3) is 0 Å². The highest BCUT2D eigenvalue weighted by Crippen LogP contribution is 2.20. The average molecular weight is 329 g/mol. The maximum absolute atomic E-state index is 13.9. The first-order chi connectivity index (χ1) is 9.00. The number of carbonyl (C=O) groups excluding carboxylic acids is 2. The molecule has 102 valence electrons. The van der Waals surface area contributed by atoms with Crippen LogP contribution in [0.5, 0.6) is 0 Å². The van der Waals surface area contributed by atoms with E-state index in [0.29, 0.717) is 19.5 Å². The number of hydrogen-bond donors (Lipinski definition) is 0. The molecule has 0 atom stereocenters. The third-order valence-corrected chi connectivity index (χ3v) is 3.76. The molecule has 0 saturated carbocycles. The minimum Gasteiger partial charge on any atom is -0.344 e. The molecular weight excluding hydrogens is 315 g/mol. The molecule has 2 rings (SSSR count). The van der Waals surface area contributed by atoms with Crippen molar-refractivity contribution in [3.8, 4) is 0 Å². The van der Waals surface area contributed by atoms with Gasteiger partial charge in [-0.15, -0.1) is 0 Å². The predicted octanol–water partition coefficient (Wildman–Crippen LogP) is 1.89. The molecule has 19 heavy (non-hydrogen) atoms. The van der Waals surface area contributed by atoms with Crippen molar-refractivity contribution < 1.29 is 14.0 Å². The summed E-state index contributed by atoms with van der Waals surface area (Å²) in [7, 11) is 1.70. The lowest BCUT2D eigenvalue weighted by Gasteiger charge is -2.20. The first kappa shape index (κ1) is 14.0. The van der Waals surface area contributed by atoms with E-state index in [2.05, 4.69) is 15.9 Å². The van der Waals surface area contributed by atoms with Crippen LogP contribution < -0.4 is 0 Å². The number of halogens is 2. The standard InChI is InChI=1S/C13H14BrFN2O2/c1-16-6-3-7-17(8-11(16)18)13(19)9-4-2-5-10(14)12(9)15/h2,4-5H,3,6-8H2,1H3. The van der Waals surface area contributed by atoms with Crippen LogP contribution in [0.3, 0.4) is 0 Å². The van der Waals surface area contributed by atoms with Gasteiger partial charge in [-0.1, -0.05) is 6.07 Å². The van der Waals surface area contributed by atoms with Crippen molar-refractivity contribution in [2.45, 2.75) is 6.42 Å². The van der Waals surface area contributed by atoms with E-state index in [1.807, 2.05) is 0 Å². The summed E-state index contributed by atoms with van der Waals surface area (Å²) < 4.78 is 14.1. The molecular formula is C13H14BrFN2O2. The average Bonchev–Trinajstić information content (AvgIpc) is 2.55. The molecule has 0 radical (unpaired) electrons. The van der Waals surface area contributed by atoms with Gasteiger partial charge < -0.3 is 9.80 Å². The lowest BCUT2D eigenvalue weighted by molar-refractivity contribution is -0.129. The van der Waals surface area contributed by atoms with Crippen molar-refractivity contribution in [2.24, 2.45) is 0 Å². The van der Waals surface area contributed by atoms with Gasteiger partial charge in [0, 0.05) is 20.1 Å². The van der Waals surface area contributed by atoms with Crippen molar-refractivity contribution in [3.05, 3.63) is 34.1 Å². The molecule has 0 unspecified atom stereocenters. The maximum atomic E-state index is 13.9. The second-order valence-corrected chi connectivity index (χ2v) is 5.35. The first-order valence-corrected chi connectivity index (χ1v) is 6.77. The highest BCUT2D eigenvalue weighted by Gasteiger charge is 2.25. The topological polar surface area (TPSA) is 40.6 Å². The summed E-state index contributed by atoms with van der Waals surface area (Å²) in [5, 5.41) is 0. The summed E-state index contributed by atoms with van der Waals surface area (Å²) in [5.41, 5.74) is -0.00766. The van der Waals surface area contributed by atoms with Gasteiger partial charge in [0.05, 0.1) is 10.0 Å². The van der Waals surface area contributed by atoms with Gasteiger partial charge in [0.15, 0.2) is 0 Å². The second kappa shape index (κ2) is 5.69. The second-order valence-electron chi connectivity index (χ2n) is 4.50. The molecule has 1 aliphatic rings. The third kappa shape index (κ3) is 2.94. The largest absolute Gasteiger partial charge is 0.344 e. The Balaban J connectivity index is 2.24. The molecule has 1 heterocycles. The van der Waals surface area contributed by atoms with Crippen LogP contribution in [-0.4, -0.2) is 48.3 Å². The minimum atomic E-state index is -0.586. The molecule has 0 bridgehead atoms. The van der Waals surface area contributed by atoms with Crippen LogP contribution >= 0.6 is 15.9 Å². The van der Waals surface area contributed by atoms with Gasteiger partial charge in [-0.05, 0) is 34.5 Å². The molecule has 1 fully saturated rings. The monoisotopic (exact) mass is 328 g/mol. The number of benzene rings is 1. The Bertz CT molecular complexity index is 521. The Hall–Kier alpha value is -1.43. The number of likely N-dealkylation sites (N-methyl/N-ethyl adjacent to an activating group) is 1. The van der Waals surface area contributed by atoms with E-state index in [9.17, 15) is 14.0 Å². The van der Waals surface area contributed by atoms with Crippen LogP contribution in [0, 0.1) is 5.82 Å². The number of carbonyl (C=O) groups is 2. The Morgan fingerprint density at radius 3 is 2.84 bits per heavy atom. The first-order valence-electron chi connectivity index (χ1n) is 5.98. The maximum Gasteiger partial charge on any atom is 0.257 e. The Kier molecular flexibility index (Phi) is 4.19. The van der Waals surface area contributed by atoms with E-state index in [1.165, 1.54) is 17.0 Å². The van der Waals surface area contributed by atoms with E-state index >= 15 is 0 Å². The van der Waals surface area contributed by atoms with Gasteiger partial charge in [-0.25, -0.2) is 4.39 Å². The number of nitrogens with zero attached hydrogens (tertiary/aromatic N) is 2. The number of amides is 2. The molecule has 6 heteroatoms. The molecule has 1 aliphatic heterocycles. The van der Waals surface area contributed by atoms with E-state index < -0.39 is 11.7 Å². The summed E-state index contributed by atoms with van der Waals surface area (Å²) in [4.78, 5) is 27.0. The Morgan fingerprint density at radius 1 is 1.37 bits per heavy atom. The zero-order chi connectivity index (χ0) is 14.0. The van der Waals surface area contributed by atoms with E-state index in [1.54, 1.807) is 18.0 Å². The van der Waals surface area contributed by atoms with Gasteiger partial charge in [0.25, 0.3) is 5.91 Å². The molecule has 2 amide bonds. The SMILES string of the molecule is CN1CCCN(C(=O)c2cccc(Br)c2F)CC1=O. The van der Waals surface area contributed by atoms with Gasteiger partial charge in [0.2, 0.25) is 5.91 Å². The van der Waals surface area contributed by atoms with E-state index in [0.717, 1.165) is 0 Å². The van der Waals surface area contributed by atoms with Gasteiger partial charge in [0.1, 0.15) is 12.4 Å². The van der Waals surface area contributed by atoms with Crippen molar-refractivity contribution in [2.75, 3.05) is 26.7 Å². The Labute approximate surface area is 119 Å². The fourth-order valence-corrected chi connectivity index (χ4v) is 2.37. The molecule has 1 aromatic rings. The summed E-state index contributed by atoms with van der Waals surface area (Å²) in [5.74, 6) is -1.15. The zero-order valence-corrected chi connectivity index (χ0v) is 12.1. The van der Waals surface area contributed by atoms with Crippen LogP contribution in [0.15, 0.2) is 22.7 Å². The highest BCUT2D eigenvalue weighted by molar-refractivity contribution is 9.10. The molecule has 4 nitrogen and oxygen atoms in total. The molecule has 0 aromatic heterocycles. The summed E-state index contributed by atoms with van der Waals surface area (Å²) >= 11 is 3.05. The smallest absolute Gasteiger partial charge is 0.257 e. The summed E-state index contributed by atoms with van der Waals surface area (Å²) in [6.07, 6.45) is 0.698. The predicted molar refractivity (Wildman–Crippen MR) is 72.3 cm³/mol. The van der Waals surface area contributed by atoms with Crippen molar-refractivity contribution in [1.29, 1.82) is 0 Å². The van der Waals surface area contributed by atoms with Crippen LogP contribution in [-0.2, 0) is 4.79 Å². The molecule has 0 spiro atoms. The molecule has 0 N–H and O–H groups in total. The number of hydrogen-bond acceptors (Lipinski definition) is 2. The van der Waals surface area contributed by atoms with Gasteiger partial charge in [-0.3, -0.25) is 9.59 Å². The summed E-state index contributed by atoms with van der Waals surface area (Å²) in [6, 6.07) is 4.57. The van der Waals surface area contributed by atoms with Crippen LogP contribution in [0.2, 0.25) is 0 Å². The molecule has 1 aromatic carbocycles. The fraction of sp³-hybridized carbons (Fsp3) is 0.385. The lowest BCUT2D eigenvalue weighted by atomic mass is 10.2. The quantitative estimate of drug-likeness (QED) is 0.790. The normalized spacial score (nSPS) is 16.5. The fourth-order valence-electron chi connectivity index (χ4n) is 2.00. The summed E-state index contributed by atoms with van der Waals surface area (Å²) in [6.45, 7) is 1.08. The van der Waals surface area contributed by atoms with Crippen molar-refractivity contribution in [3.63, 3.8) is 0 Å². The van der Waals surface area contributed by atoms with Gasteiger partial charge in [-0.2, -0.15) is 0 Å². The van der Waals surface area contributed by atoms with Crippen LogP contribution in [0.1, 0.15) is 16.8 Å². The Morgan fingerprint density at radius 2 is 2.11 bits per heavy atom.